The summed E-state index contributed by atoms with van der Waals surface area (Å²) >= 11 is 5.75. The second kappa shape index (κ2) is 6.51. The van der Waals surface area contributed by atoms with E-state index in [0.29, 0.717) is 17.9 Å². The van der Waals surface area contributed by atoms with Crippen LogP contribution in [0.15, 0.2) is 24.3 Å². The lowest BCUT2D eigenvalue weighted by molar-refractivity contribution is -0.121. The predicted molar refractivity (Wildman–Crippen MR) is 64.5 cm³/mol. The highest BCUT2D eigenvalue weighted by atomic mass is 35.5. The topological polar surface area (TPSA) is 49.3 Å². The summed E-state index contributed by atoms with van der Waals surface area (Å²) in [6, 6.07) is 7.25. The number of hydrogen-bond donors (Lipinski definition) is 2. The van der Waals surface area contributed by atoms with Gasteiger partial charge in [-0.15, -0.1) is 0 Å². The van der Waals surface area contributed by atoms with Crippen LogP contribution in [0.25, 0.3) is 0 Å². The lowest BCUT2D eigenvalue weighted by Crippen LogP contribution is -2.35. The highest BCUT2D eigenvalue weighted by Gasteiger charge is 2.05. The Morgan fingerprint density at radius 3 is 2.62 bits per heavy atom. The van der Waals surface area contributed by atoms with Crippen LogP contribution in [0.4, 0.5) is 0 Å². The molecular formula is C12H16ClNO2. The van der Waals surface area contributed by atoms with Gasteiger partial charge in [0.25, 0.3) is 0 Å². The zero-order valence-corrected chi connectivity index (χ0v) is 10.00. The molecule has 2 N–H and O–H groups in total. The Labute approximate surface area is 100 Å². The second-order valence-electron chi connectivity index (χ2n) is 3.78. The van der Waals surface area contributed by atoms with Crippen molar-refractivity contribution in [2.75, 3.05) is 6.61 Å². The van der Waals surface area contributed by atoms with Crippen molar-refractivity contribution < 1.29 is 9.90 Å². The van der Waals surface area contributed by atoms with Crippen molar-refractivity contribution in [1.29, 1.82) is 0 Å². The molecule has 1 aromatic rings. The maximum atomic E-state index is 11.4. The molecule has 4 heteroatoms. The van der Waals surface area contributed by atoms with E-state index in [1.54, 1.807) is 6.92 Å². The summed E-state index contributed by atoms with van der Waals surface area (Å²) in [6.07, 6.45) is 1.10. The van der Waals surface area contributed by atoms with E-state index in [1.807, 2.05) is 24.3 Å². The van der Waals surface area contributed by atoms with E-state index in [2.05, 4.69) is 5.32 Å². The molecule has 0 aliphatic heterocycles. The van der Waals surface area contributed by atoms with Crippen molar-refractivity contribution >= 4 is 17.5 Å². The number of halogens is 1. The smallest absolute Gasteiger partial charge is 0.220 e. The van der Waals surface area contributed by atoms with Gasteiger partial charge < -0.3 is 10.4 Å². The Kier molecular flexibility index (Phi) is 5.29. The first-order valence-electron chi connectivity index (χ1n) is 5.26. The summed E-state index contributed by atoms with van der Waals surface area (Å²) in [6.45, 7) is 1.73. The number of amides is 1. The standard InChI is InChI=1S/C12H16ClNO2/c1-9(8-15)14-12(16)7-4-10-2-5-11(13)6-3-10/h2-3,5-6,9,15H,4,7-8H2,1H3,(H,14,16). The Bertz CT molecular complexity index is 337. The van der Waals surface area contributed by atoms with E-state index < -0.39 is 0 Å². The average Bonchev–Trinajstić information content (AvgIpc) is 2.28. The molecule has 3 nitrogen and oxygen atoms in total. The van der Waals surface area contributed by atoms with Crippen LogP contribution < -0.4 is 5.32 Å². The summed E-state index contributed by atoms with van der Waals surface area (Å²) in [5.74, 6) is -0.0449. The Hall–Kier alpha value is -1.06. The molecule has 0 aliphatic carbocycles. The van der Waals surface area contributed by atoms with Crippen LogP contribution in [0.1, 0.15) is 18.9 Å². The largest absolute Gasteiger partial charge is 0.394 e. The molecular weight excluding hydrogens is 226 g/mol. The number of aliphatic hydroxyl groups excluding tert-OH is 1. The summed E-state index contributed by atoms with van der Waals surface area (Å²) < 4.78 is 0. The van der Waals surface area contributed by atoms with Crippen LogP contribution in [-0.2, 0) is 11.2 Å². The van der Waals surface area contributed by atoms with Crippen molar-refractivity contribution in [3.05, 3.63) is 34.9 Å². The third-order valence-electron chi connectivity index (χ3n) is 2.24. The molecule has 1 rings (SSSR count). The molecule has 0 bridgehead atoms. The van der Waals surface area contributed by atoms with E-state index in [9.17, 15) is 4.79 Å². The number of aryl methyl sites for hydroxylation is 1. The van der Waals surface area contributed by atoms with Crippen LogP contribution in [0.5, 0.6) is 0 Å². The number of nitrogens with one attached hydrogen (secondary N) is 1. The number of hydrogen-bond acceptors (Lipinski definition) is 2. The highest BCUT2D eigenvalue weighted by molar-refractivity contribution is 6.30. The molecule has 0 heterocycles. The zero-order chi connectivity index (χ0) is 12.0. The van der Waals surface area contributed by atoms with E-state index in [4.69, 9.17) is 16.7 Å². The molecule has 0 saturated carbocycles. The van der Waals surface area contributed by atoms with Gasteiger partial charge in [0, 0.05) is 17.5 Å². The predicted octanol–water partition coefficient (Wildman–Crippen LogP) is 1.77. The van der Waals surface area contributed by atoms with Crippen molar-refractivity contribution in [1.82, 2.24) is 5.32 Å². The molecule has 88 valence electrons. The number of aliphatic hydroxyl groups is 1. The van der Waals surface area contributed by atoms with Crippen LogP contribution in [-0.4, -0.2) is 23.7 Å². The first kappa shape index (κ1) is 13.0. The third-order valence-corrected chi connectivity index (χ3v) is 2.49. The minimum Gasteiger partial charge on any atom is -0.394 e. The Balaban J connectivity index is 2.34. The Morgan fingerprint density at radius 1 is 1.44 bits per heavy atom. The van der Waals surface area contributed by atoms with Gasteiger partial charge >= 0.3 is 0 Å². The van der Waals surface area contributed by atoms with E-state index >= 15 is 0 Å². The molecule has 0 aromatic heterocycles. The zero-order valence-electron chi connectivity index (χ0n) is 9.24. The molecule has 0 saturated heterocycles. The maximum absolute atomic E-state index is 11.4. The quantitative estimate of drug-likeness (QED) is 0.826. The summed E-state index contributed by atoms with van der Waals surface area (Å²) in [4.78, 5) is 11.4. The molecule has 0 spiro atoms. The Morgan fingerprint density at radius 2 is 2.06 bits per heavy atom. The monoisotopic (exact) mass is 241 g/mol. The lowest BCUT2D eigenvalue weighted by atomic mass is 10.1. The minimum atomic E-state index is -0.183. The van der Waals surface area contributed by atoms with Gasteiger partial charge in [-0.1, -0.05) is 23.7 Å². The van der Waals surface area contributed by atoms with Gasteiger partial charge in [0.05, 0.1) is 6.61 Å². The molecule has 0 radical (unpaired) electrons. The summed E-state index contributed by atoms with van der Waals surface area (Å²) in [5.41, 5.74) is 1.08. The van der Waals surface area contributed by atoms with Crippen molar-refractivity contribution in [2.24, 2.45) is 0 Å². The van der Waals surface area contributed by atoms with Crippen molar-refractivity contribution in [2.45, 2.75) is 25.8 Å². The van der Waals surface area contributed by atoms with Crippen molar-refractivity contribution in [3.8, 4) is 0 Å². The normalized spacial score (nSPS) is 12.2. The fourth-order valence-corrected chi connectivity index (χ4v) is 1.43. The summed E-state index contributed by atoms with van der Waals surface area (Å²) in [5, 5.41) is 12.2. The first-order valence-corrected chi connectivity index (χ1v) is 5.64. The molecule has 1 atom stereocenters. The van der Waals surface area contributed by atoms with Gasteiger partial charge in [-0.05, 0) is 31.0 Å². The number of benzene rings is 1. The lowest BCUT2D eigenvalue weighted by Gasteiger charge is -2.10. The fourth-order valence-electron chi connectivity index (χ4n) is 1.30. The molecule has 1 unspecified atom stereocenters. The highest BCUT2D eigenvalue weighted by Crippen LogP contribution is 2.10. The molecule has 1 aromatic carbocycles. The van der Waals surface area contributed by atoms with Gasteiger partial charge in [0.2, 0.25) is 5.91 Å². The average molecular weight is 242 g/mol. The maximum Gasteiger partial charge on any atom is 0.220 e. The van der Waals surface area contributed by atoms with Crippen LogP contribution >= 0.6 is 11.6 Å². The SMILES string of the molecule is CC(CO)NC(=O)CCc1ccc(Cl)cc1. The molecule has 0 aliphatic rings. The van der Waals surface area contributed by atoms with Gasteiger partial charge in [-0.2, -0.15) is 0 Å². The van der Waals surface area contributed by atoms with Gasteiger partial charge in [-0.3, -0.25) is 4.79 Å². The first-order chi connectivity index (χ1) is 7.61. The van der Waals surface area contributed by atoms with E-state index in [0.717, 1.165) is 5.56 Å². The second-order valence-corrected chi connectivity index (χ2v) is 4.21. The minimum absolute atomic E-state index is 0.0350. The van der Waals surface area contributed by atoms with Gasteiger partial charge in [0.15, 0.2) is 0 Å². The van der Waals surface area contributed by atoms with E-state index in [1.165, 1.54) is 0 Å². The van der Waals surface area contributed by atoms with Crippen molar-refractivity contribution in [3.63, 3.8) is 0 Å². The van der Waals surface area contributed by atoms with Gasteiger partial charge in [-0.25, -0.2) is 0 Å². The molecule has 1 amide bonds. The van der Waals surface area contributed by atoms with Crippen LogP contribution in [0.3, 0.4) is 0 Å². The summed E-state index contributed by atoms with van der Waals surface area (Å²) in [7, 11) is 0. The van der Waals surface area contributed by atoms with Crippen LogP contribution in [0.2, 0.25) is 5.02 Å². The number of carbonyl (C=O) groups is 1. The third kappa shape index (κ3) is 4.64. The molecule has 16 heavy (non-hydrogen) atoms. The van der Waals surface area contributed by atoms with Crippen LogP contribution in [0, 0.1) is 0 Å². The van der Waals surface area contributed by atoms with Gasteiger partial charge in [0.1, 0.15) is 0 Å². The fraction of sp³-hybridized carbons (Fsp3) is 0.417. The number of rotatable bonds is 5. The van der Waals surface area contributed by atoms with E-state index in [-0.39, 0.29) is 18.6 Å². The molecule has 0 fully saturated rings. The number of carbonyl (C=O) groups excluding carboxylic acids is 1.